The van der Waals surface area contributed by atoms with Crippen molar-refractivity contribution in [2.45, 2.75) is 20.3 Å². The fraction of sp³-hybridized carbons (Fsp3) is 0.214. The van der Waals surface area contributed by atoms with E-state index in [2.05, 4.69) is 5.32 Å². The van der Waals surface area contributed by atoms with Gasteiger partial charge >= 0.3 is 0 Å². The Morgan fingerprint density at radius 1 is 1.33 bits per heavy atom. The highest BCUT2D eigenvalue weighted by Gasteiger charge is 2.07. The standard InChI is InChI=1S/C14H13N3O/c1-10-8-12(4-3-6-15)9-11(2)14(10)17-13(18)5-7-16/h3-4,8-9H,5H2,1-2H3,(H,17,18). The van der Waals surface area contributed by atoms with E-state index in [1.165, 1.54) is 6.08 Å². The summed E-state index contributed by atoms with van der Waals surface area (Å²) < 4.78 is 0. The van der Waals surface area contributed by atoms with Gasteiger partial charge in [0.05, 0.1) is 12.1 Å². The molecule has 0 fully saturated rings. The molecule has 0 radical (unpaired) electrons. The topological polar surface area (TPSA) is 76.7 Å². The van der Waals surface area contributed by atoms with Crippen LogP contribution in [0.4, 0.5) is 5.69 Å². The van der Waals surface area contributed by atoms with Gasteiger partial charge in [-0.25, -0.2) is 0 Å². The van der Waals surface area contributed by atoms with E-state index in [1.807, 2.05) is 32.0 Å². The lowest BCUT2D eigenvalue weighted by Crippen LogP contribution is -2.12. The first-order valence-corrected chi connectivity index (χ1v) is 5.42. The lowest BCUT2D eigenvalue weighted by atomic mass is 10.0. The molecule has 1 N–H and O–H groups in total. The number of benzene rings is 1. The SMILES string of the molecule is Cc1cc(C=CC#N)cc(C)c1NC(=O)CC#N. The van der Waals surface area contributed by atoms with Crippen LogP contribution >= 0.6 is 0 Å². The molecular formula is C14H13N3O. The van der Waals surface area contributed by atoms with E-state index >= 15 is 0 Å². The van der Waals surface area contributed by atoms with Crippen molar-refractivity contribution in [1.29, 1.82) is 10.5 Å². The van der Waals surface area contributed by atoms with Crippen molar-refractivity contribution in [1.82, 2.24) is 0 Å². The van der Waals surface area contributed by atoms with Crippen molar-refractivity contribution in [3.63, 3.8) is 0 Å². The zero-order chi connectivity index (χ0) is 13.5. The fourth-order valence-electron chi connectivity index (χ4n) is 1.68. The normalized spacial score (nSPS) is 9.78. The molecule has 0 aliphatic rings. The molecule has 4 heteroatoms. The van der Waals surface area contributed by atoms with Gasteiger partial charge < -0.3 is 5.32 Å². The highest BCUT2D eigenvalue weighted by Crippen LogP contribution is 2.23. The van der Waals surface area contributed by atoms with E-state index in [1.54, 1.807) is 12.1 Å². The number of aryl methyl sites for hydroxylation is 2. The van der Waals surface area contributed by atoms with E-state index in [9.17, 15) is 4.79 Å². The summed E-state index contributed by atoms with van der Waals surface area (Å²) in [6.45, 7) is 3.75. The molecule has 0 saturated carbocycles. The minimum absolute atomic E-state index is 0.158. The van der Waals surface area contributed by atoms with Crippen LogP contribution in [0.15, 0.2) is 18.2 Å². The van der Waals surface area contributed by atoms with Gasteiger partial charge in [-0.2, -0.15) is 10.5 Å². The lowest BCUT2D eigenvalue weighted by molar-refractivity contribution is -0.115. The summed E-state index contributed by atoms with van der Waals surface area (Å²) in [5.41, 5.74) is 3.44. The maximum absolute atomic E-state index is 11.4. The highest BCUT2D eigenvalue weighted by molar-refractivity contribution is 5.93. The number of amides is 1. The third kappa shape index (κ3) is 3.47. The predicted molar refractivity (Wildman–Crippen MR) is 69.4 cm³/mol. The molecule has 1 aromatic carbocycles. The second-order valence-corrected chi connectivity index (χ2v) is 3.88. The zero-order valence-electron chi connectivity index (χ0n) is 10.3. The van der Waals surface area contributed by atoms with Crippen molar-refractivity contribution in [2.75, 3.05) is 5.32 Å². The van der Waals surface area contributed by atoms with Gasteiger partial charge in [0.1, 0.15) is 6.42 Å². The molecule has 90 valence electrons. The molecule has 0 unspecified atom stereocenters. The molecule has 0 saturated heterocycles. The number of hydrogen-bond acceptors (Lipinski definition) is 3. The number of hydrogen-bond donors (Lipinski definition) is 1. The maximum atomic E-state index is 11.4. The Hall–Kier alpha value is -2.59. The van der Waals surface area contributed by atoms with Gasteiger partial charge in [0, 0.05) is 11.8 Å². The highest BCUT2D eigenvalue weighted by atomic mass is 16.1. The summed E-state index contributed by atoms with van der Waals surface area (Å²) in [6, 6.07) is 7.49. The third-order valence-electron chi connectivity index (χ3n) is 2.41. The van der Waals surface area contributed by atoms with E-state index in [0.29, 0.717) is 0 Å². The van der Waals surface area contributed by atoms with Crippen LogP contribution < -0.4 is 5.32 Å². The second-order valence-electron chi connectivity index (χ2n) is 3.88. The Labute approximate surface area is 106 Å². The summed E-state index contributed by atoms with van der Waals surface area (Å²) in [5.74, 6) is -0.316. The molecular weight excluding hydrogens is 226 g/mol. The van der Waals surface area contributed by atoms with Gasteiger partial charge in [0.25, 0.3) is 0 Å². The molecule has 1 rings (SSSR count). The van der Waals surface area contributed by atoms with Crippen LogP contribution in [-0.2, 0) is 4.79 Å². The molecule has 0 spiro atoms. The number of nitriles is 2. The third-order valence-corrected chi connectivity index (χ3v) is 2.41. The number of nitrogens with one attached hydrogen (secondary N) is 1. The largest absolute Gasteiger partial charge is 0.325 e. The van der Waals surface area contributed by atoms with Crippen molar-refractivity contribution >= 4 is 17.7 Å². The molecule has 4 nitrogen and oxygen atoms in total. The molecule has 0 aromatic heterocycles. The monoisotopic (exact) mass is 239 g/mol. The molecule has 0 aliphatic carbocycles. The fourth-order valence-corrected chi connectivity index (χ4v) is 1.68. The molecule has 18 heavy (non-hydrogen) atoms. The Kier molecular flexibility index (Phi) is 4.66. The first kappa shape index (κ1) is 13.5. The number of nitrogens with zero attached hydrogens (tertiary/aromatic N) is 2. The van der Waals surface area contributed by atoms with Crippen LogP contribution in [0.25, 0.3) is 6.08 Å². The minimum atomic E-state index is -0.316. The van der Waals surface area contributed by atoms with Crippen molar-refractivity contribution in [3.05, 3.63) is 34.9 Å². The number of rotatable bonds is 3. The van der Waals surface area contributed by atoms with Gasteiger partial charge in [-0.3, -0.25) is 4.79 Å². The van der Waals surface area contributed by atoms with Crippen LogP contribution in [0.1, 0.15) is 23.1 Å². The Morgan fingerprint density at radius 3 is 2.44 bits per heavy atom. The van der Waals surface area contributed by atoms with E-state index in [4.69, 9.17) is 10.5 Å². The number of anilines is 1. The van der Waals surface area contributed by atoms with Gasteiger partial charge in [-0.05, 0) is 48.7 Å². The molecule has 0 aliphatic heterocycles. The quantitative estimate of drug-likeness (QED) is 0.824. The smallest absolute Gasteiger partial charge is 0.238 e. The molecule has 1 amide bonds. The van der Waals surface area contributed by atoms with Crippen molar-refractivity contribution < 1.29 is 4.79 Å². The summed E-state index contributed by atoms with van der Waals surface area (Å²) >= 11 is 0. The first-order valence-electron chi connectivity index (χ1n) is 5.42. The summed E-state index contributed by atoms with van der Waals surface area (Å²) in [4.78, 5) is 11.4. The van der Waals surface area contributed by atoms with Gasteiger partial charge in [-0.1, -0.05) is 0 Å². The van der Waals surface area contributed by atoms with E-state index in [0.717, 1.165) is 22.4 Å². The summed E-state index contributed by atoms with van der Waals surface area (Å²) in [5, 5.41) is 19.6. The average Bonchev–Trinajstić information content (AvgIpc) is 2.31. The van der Waals surface area contributed by atoms with Crippen LogP contribution in [0.2, 0.25) is 0 Å². The number of allylic oxidation sites excluding steroid dienone is 1. The molecule has 0 bridgehead atoms. The Balaban J connectivity index is 3.03. The van der Waals surface area contributed by atoms with Crippen molar-refractivity contribution in [2.24, 2.45) is 0 Å². The lowest BCUT2D eigenvalue weighted by Gasteiger charge is -2.11. The van der Waals surface area contributed by atoms with E-state index < -0.39 is 0 Å². The Morgan fingerprint density at radius 2 is 1.94 bits per heavy atom. The van der Waals surface area contributed by atoms with Crippen LogP contribution in [0, 0.1) is 36.5 Å². The second kappa shape index (κ2) is 6.22. The van der Waals surface area contributed by atoms with Gasteiger partial charge in [0.15, 0.2) is 0 Å². The Bertz CT molecular complexity index is 551. The van der Waals surface area contributed by atoms with Crippen LogP contribution in [0.3, 0.4) is 0 Å². The summed E-state index contributed by atoms with van der Waals surface area (Å²) in [7, 11) is 0. The number of carbonyl (C=O) groups is 1. The van der Waals surface area contributed by atoms with Gasteiger partial charge in [-0.15, -0.1) is 0 Å². The number of carbonyl (C=O) groups excluding carboxylic acids is 1. The first-order chi connectivity index (χ1) is 8.58. The van der Waals surface area contributed by atoms with Crippen molar-refractivity contribution in [3.8, 4) is 12.1 Å². The van der Waals surface area contributed by atoms with Crippen LogP contribution in [-0.4, -0.2) is 5.91 Å². The maximum Gasteiger partial charge on any atom is 0.238 e. The van der Waals surface area contributed by atoms with Crippen LogP contribution in [0.5, 0.6) is 0 Å². The zero-order valence-corrected chi connectivity index (χ0v) is 10.3. The van der Waals surface area contributed by atoms with E-state index in [-0.39, 0.29) is 12.3 Å². The average molecular weight is 239 g/mol. The summed E-state index contributed by atoms with van der Waals surface area (Å²) in [6.07, 6.45) is 2.96. The predicted octanol–water partition coefficient (Wildman–Crippen LogP) is 2.69. The molecule has 0 atom stereocenters. The van der Waals surface area contributed by atoms with Gasteiger partial charge in [0.2, 0.25) is 5.91 Å². The minimum Gasteiger partial charge on any atom is -0.325 e. The molecule has 0 heterocycles. The molecule has 1 aromatic rings.